The van der Waals surface area contributed by atoms with Crippen LogP contribution < -0.4 is 0 Å². The summed E-state index contributed by atoms with van der Waals surface area (Å²) in [6, 6.07) is 0. The predicted octanol–water partition coefficient (Wildman–Crippen LogP) is 2.41. The second-order valence-corrected chi connectivity index (χ2v) is 5.58. The molecule has 2 unspecified atom stereocenters. The first kappa shape index (κ1) is 12.6. The number of carbonyl (C=O) groups is 1. The number of nitrogens with zero attached hydrogens (tertiary/aromatic N) is 1. The van der Waals surface area contributed by atoms with Gasteiger partial charge in [-0.25, -0.2) is 0 Å². The minimum atomic E-state index is 0.292. The van der Waals surface area contributed by atoms with Crippen molar-refractivity contribution < 1.29 is 4.79 Å². The summed E-state index contributed by atoms with van der Waals surface area (Å²) >= 11 is 1.65. The maximum Gasteiger partial charge on any atom is 0.232 e. The fourth-order valence-electron chi connectivity index (χ4n) is 2.19. The molecule has 0 aromatic heterocycles. The molecule has 2 atom stereocenters. The number of thioether (sulfide) groups is 1. The zero-order valence-corrected chi connectivity index (χ0v) is 10.6. The largest absolute Gasteiger partial charge is 0.341 e. The lowest BCUT2D eigenvalue weighted by Gasteiger charge is -2.35. The molecule has 0 radical (unpaired) electrons. The van der Waals surface area contributed by atoms with Gasteiger partial charge < -0.3 is 4.90 Å². The topological polar surface area (TPSA) is 20.3 Å². The third-order valence-corrected chi connectivity index (χ3v) is 3.61. The number of rotatable bonds is 4. The van der Waals surface area contributed by atoms with Gasteiger partial charge in [-0.1, -0.05) is 19.9 Å². The second-order valence-electron chi connectivity index (χ2n) is 4.55. The average molecular weight is 227 g/mol. The van der Waals surface area contributed by atoms with Crippen molar-refractivity contribution in [3.63, 3.8) is 0 Å². The Hall–Kier alpha value is -0.440. The van der Waals surface area contributed by atoms with Crippen LogP contribution in [0.5, 0.6) is 0 Å². The standard InChI is InChI=1S/C12H21NOS/c1-4-5-15-9-12(14)13-7-10(2)6-11(3)8-13/h4,10-11H,1,5-9H2,2-3H3. The normalized spacial score (nSPS) is 26.4. The maximum absolute atomic E-state index is 11.8. The Kier molecular flexibility index (Phi) is 5.23. The highest BCUT2D eigenvalue weighted by molar-refractivity contribution is 8.00. The molecule has 0 bridgehead atoms. The van der Waals surface area contributed by atoms with Crippen molar-refractivity contribution >= 4 is 17.7 Å². The summed E-state index contributed by atoms with van der Waals surface area (Å²) in [6.45, 7) is 9.99. The SMILES string of the molecule is C=CCSCC(=O)N1CC(C)CC(C)C1. The number of carbonyl (C=O) groups excluding carboxylic acids is 1. The van der Waals surface area contributed by atoms with E-state index >= 15 is 0 Å². The average Bonchev–Trinajstić information content (AvgIpc) is 2.16. The summed E-state index contributed by atoms with van der Waals surface area (Å²) in [7, 11) is 0. The van der Waals surface area contributed by atoms with Crippen LogP contribution in [-0.2, 0) is 4.79 Å². The minimum absolute atomic E-state index is 0.292. The molecule has 86 valence electrons. The van der Waals surface area contributed by atoms with Gasteiger partial charge in [0.25, 0.3) is 0 Å². The molecular weight excluding hydrogens is 206 g/mol. The zero-order valence-electron chi connectivity index (χ0n) is 9.74. The molecule has 3 heteroatoms. The van der Waals surface area contributed by atoms with Crippen LogP contribution in [0.2, 0.25) is 0 Å². The monoisotopic (exact) mass is 227 g/mol. The van der Waals surface area contributed by atoms with Gasteiger partial charge in [-0.05, 0) is 18.3 Å². The van der Waals surface area contributed by atoms with Crippen LogP contribution >= 0.6 is 11.8 Å². The molecule has 0 N–H and O–H groups in total. The summed E-state index contributed by atoms with van der Waals surface area (Å²) in [5.74, 6) is 3.07. The molecule has 2 nitrogen and oxygen atoms in total. The third-order valence-electron chi connectivity index (χ3n) is 2.68. The van der Waals surface area contributed by atoms with Crippen LogP contribution in [0.1, 0.15) is 20.3 Å². The molecule has 1 heterocycles. The Labute approximate surface area is 97.1 Å². The van der Waals surface area contributed by atoms with E-state index in [-0.39, 0.29) is 0 Å². The number of hydrogen-bond donors (Lipinski definition) is 0. The third kappa shape index (κ3) is 4.29. The first-order valence-corrected chi connectivity index (χ1v) is 6.75. The molecule has 1 aliphatic rings. The highest BCUT2D eigenvalue weighted by Crippen LogP contribution is 2.21. The van der Waals surface area contributed by atoms with Gasteiger partial charge >= 0.3 is 0 Å². The fourth-order valence-corrected chi connectivity index (χ4v) is 2.83. The van der Waals surface area contributed by atoms with Crippen LogP contribution in [0.3, 0.4) is 0 Å². The van der Waals surface area contributed by atoms with Gasteiger partial charge in [0, 0.05) is 18.8 Å². The first-order valence-electron chi connectivity index (χ1n) is 5.60. The van der Waals surface area contributed by atoms with Crippen LogP contribution in [-0.4, -0.2) is 35.4 Å². The molecule has 1 saturated heterocycles. The van der Waals surface area contributed by atoms with E-state index in [0.717, 1.165) is 18.8 Å². The van der Waals surface area contributed by atoms with Crippen LogP contribution in [0.25, 0.3) is 0 Å². The van der Waals surface area contributed by atoms with E-state index in [9.17, 15) is 4.79 Å². The fraction of sp³-hybridized carbons (Fsp3) is 0.750. The Bertz CT molecular complexity index is 220. The van der Waals surface area contributed by atoms with Crippen LogP contribution in [0, 0.1) is 11.8 Å². The molecule has 0 saturated carbocycles. The minimum Gasteiger partial charge on any atom is -0.341 e. The van der Waals surface area contributed by atoms with Gasteiger partial charge in [0.1, 0.15) is 0 Å². The predicted molar refractivity (Wildman–Crippen MR) is 67.0 cm³/mol. The van der Waals surface area contributed by atoms with Crippen molar-refractivity contribution in [2.45, 2.75) is 20.3 Å². The molecule has 1 rings (SSSR count). The number of amides is 1. The smallest absolute Gasteiger partial charge is 0.232 e. The van der Waals surface area contributed by atoms with E-state index in [1.165, 1.54) is 6.42 Å². The quantitative estimate of drug-likeness (QED) is 0.543. The summed E-state index contributed by atoms with van der Waals surface area (Å²) in [5.41, 5.74) is 0. The summed E-state index contributed by atoms with van der Waals surface area (Å²) in [6.07, 6.45) is 3.10. The lowest BCUT2D eigenvalue weighted by molar-refractivity contribution is -0.130. The van der Waals surface area contributed by atoms with Crippen molar-refractivity contribution in [2.24, 2.45) is 11.8 Å². The first-order chi connectivity index (χ1) is 7.13. The number of hydrogen-bond acceptors (Lipinski definition) is 2. The van der Waals surface area contributed by atoms with Crippen molar-refractivity contribution in [1.29, 1.82) is 0 Å². The van der Waals surface area contributed by atoms with E-state index in [1.807, 2.05) is 11.0 Å². The molecule has 0 aromatic rings. The van der Waals surface area contributed by atoms with Crippen molar-refractivity contribution in [3.05, 3.63) is 12.7 Å². The number of likely N-dealkylation sites (tertiary alicyclic amines) is 1. The Balaban J connectivity index is 2.34. The van der Waals surface area contributed by atoms with E-state index in [2.05, 4.69) is 20.4 Å². The van der Waals surface area contributed by atoms with Crippen molar-refractivity contribution in [1.82, 2.24) is 4.90 Å². The lowest BCUT2D eigenvalue weighted by atomic mass is 9.92. The van der Waals surface area contributed by atoms with Crippen LogP contribution in [0.4, 0.5) is 0 Å². The Morgan fingerprint density at radius 1 is 1.47 bits per heavy atom. The summed E-state index contributed by atoms with van der Waals surface area (Å²) in [5, 5.41) is 0. The summed E-state index contributed by atoms with van der Waals surface area (Å²) in [4.78, 5) is 13.9. The van der Waals surface area contributed by atoms with Crippen molar-refractivity contribution in [2.75, 3.05) is 24.6 Å². The van der Waals surface area contributed by atoms with Gasteiger partial charge in [0.05, 0.1) is 5.75 Å². The Morgan fingerprint density at radius 3 is 2.60 bits per heavy atom. The van der Waals surface area contributed by atoms with Gasteiger partial charge in [-0.2, -0.15) is 0 Å². The molecule has 0 aromatic carbocycles. The zero-order chi connectivity index (χ0) is 11.3. The van der Waals surface area contributed by atoms with E-state index in [4.69, 9.17) is 0 Å². The second kappa shape index (κ2) is 6.21. The molecular formula is C12H21NOS. The number of piperidine rings is 1. The van der Waals surface area contributed by atoms with Gasteiger partial charge in [0.2, 0.25) is 5.91 Å². The molecule has 15 heavy (non-hydrogen) atoms. The van der Waals surface area contributed by atoms with E-state index in [0.29, 0.717) is 23.5 Å². The highest BCUT2D eigenvalue weighted by Gasteiger charge is 2.24. The van der Waals surface area contributed by atoms with Gasteiger partial charge in [0.15, 0.2) is 0 Å². The van der Waals surface area contributed by atoms with Crippen molar-refractivity contribution in [3.8, 4) is 0 Å². The molecule has 0 spiro atoms. The van der Waals surface area contributed by atoms with Gasteiger partial charge in [-0.3, -0.25) is 4.79 Å². The van der Waals surface area contributed by atoms with E-state index < -0.39 is 0 Å². The molecule has 1 fully saturated rings. The molecule has 1 aliphatic heterocycles. The molecule has 0 aliphatic carbocycles. The van der Waals surface area contributed by atoms with E-state index in [1.54, 1.807) is 11.8 Å². The van der Waals surface area contributed by atoms with Crippen LogP contribution in [0.15, 0.2) is 12.7 Å². The molecule has 1 amide bonds. The van der Waals surface area contributed by atoms with Gasteiger partial charge in [-0.15, -0.1) is 18.3 Å². The highest BCUT2D eigenvalue weighted by atomic mass is 32.2. The lowest BCUT2D eigenvalue weighted by Crippen LogP contribution is -2.43. The summed E-state index contributed by atoms with van der Waals surface area (Å²) < 4.78 is 0. The Morgan fingerprint density at radius 2 is 2.07 bits per heavy atom. The maximum atomic E-state index is 11.8.